The van der Waals surface area contributed by atoms with Crippen molar-refractivity contribution < 1.29 is 13.2 Å². The molecule has 0 fully saturated rings. The Morgan fingerprint density at radius 1 is 0.705 bits per heavy atom. The molecule has 1 N–H and O–H groups in total. The maximum absolute atomic E-state index is 15.1. The molecule has 1 heterocycles. The van der Waals surface area contributed by atoms with E-state index in [1.807, 2.05) is 30.3 Å². The van der Waals surface area contributed by atoms with Gasteiger partial charge < -0.3 is 0 Å². The fraction of sp³-hybridized carbons (Fsp3) is 0. The summed E-state index contributed by atoms with van der Waals surface area (Å²) in [6, 6.07) is 24.8. The van der Waals surface area contributed by atoms with Crippen molar-refractivity contribution in [3.8, 4) is 40.6 Å². The van der Waals surface area contributed by atoms with Gasteiger partial charge in [0.2, 0.25) is 0 Å². The molecule has 44 heavy (non-hydrogen) atoms. The largest absolute Gasteiger partial charge is 0.298 e. The van der Waals surface area contributed by atoms with Gasteiger partial charge in [-0.25, -0.2) is 22.6 Å². The van der Waals surface area contributed by atoms with Gasteiger partial charge in [0, 0.05) is 27.6 Å². The zero-order chi connectivity index (χ0) is 31.1. The lowest BCUT2D eigenvalue weighted by Crippen LogP contribution is -2.22. The third-order valence-corrected chi connectivity index (χ3v) is 7.57. The molecule has 1 aliphatic carbocycles. The van der Waals surface area contributed by atoms with Crippen molar-refractivity contribution in [2.45, 2.75) is 0 Å². The van der Waals surface area contributed by atoms with Gasteiger partial charge >= 0.3 is 0 Å². The molecule has 6 rings (SSSR count). The highest BCUT2D eigenvalue weighted by molar-refractivity contribution is 7.79. The van der Waals surface area contributed by atoms with Crippen LogP contribution < -0.4 is 0 Å². The highest BCUT2D eigenvalue weighted by Gasteiger charge is 2.29. The zero-order valence-corrected chi connectivity index (χ0v) is 23.2. The van der Waals surface area contributed by atoms with Gasteiger partial charge in [0.05, 0.1) is 34.1 Å². The van der Waals surface area contributed by atoms with Crippen LogP contribution in [0.2, 0.25) is 0 Å². The van der Waals surface area contributed by atoms with E-state index in [0.29, 0.717) is 50.3 Å². The Bertz CT molecular complexity index is 2210. The molecule has 6 nitrogen and oxygen atoms in total. The van der Waals surface area contributed by atoms with Crippen molar-refractivity contribution in [2.24, 2.45) is 4.40 Å². The average Bonchev–Trinajstić information content (AvgIpc) is 3.05. The van der Waals surface area contributed by atoms with Crippen LogP contribution in [0.3, 0.4) is 0 Å². The first kappa shape index (κ1) is 28.1. The summed E-state index contributed by atoms with van der Waals surface area (Å²) in [6.45, 7) is 0. The number of para-hydroxylation sites is 1. The van der Waals surface area contributed by atoms with Crippen LogP contribution in [-0.4, -0.2) is 16.4 Å². The van der Waals surface area contributed by atoms with Gasteiger partial charge in [0.15, 0.2) is 17.5 Å². The minimum Gasteiger partial charge on any atom is -0.298 e. The van der Waals surface area contributed by atoms with Crippen LogP contribution in [-0.2, 0) is 0 Å². The lowest BCUT2D eigenvalue weighted by molar-refractivity contribution is 0.539. The highest BCUT2D eigenvalue weighted by Crippen LogP contribution is 2.39. The number of nitriles is 3. The van der Waals surface area contributed by atoms with Crippen molar-refractivity contribution in [2.75, 3.05) is 0 Å². The fourth-order valence-electron chi connectivity index (χ4n) is 5.27. The second kappa shape index (κ2) is 11.0. The molecule has 0 spiro atoms. The SMILES string of the molecule is N#Cc1ccc(C2=Cc3c(-c4ccc(-c5c(F)c(C#N)c(F)c(C#N)c5F)cc4)nc4ccccc4c3C(=NS)C2=N)cc1. The number of hydrogen-bond donors (Lipinski definition) is 2. The van der Waals surface area contributed by atoms with Gasteiger partial charge in [0.25, 0.3) is 0 Å². The van der Waals surface area contributed by atoms with Gasteiger partial charge in [-0.2, -0.15) is 15.8 Å². The predicted molar refractivity (Wildman–Crippen MR) is 164 cm³/mol. The molecule has 5 aromatic rings. The molecule has 0 saturated heterocycles. The summed E-state index contributed by atoms with van der Waals surface area (Å²) < 4.78 is 48.7. The minimum absolute atomic E-state index is 0.0143. The summed E-state index contributed by atoms with van der Waals surface area (Å²) in [5, 5.41) is 37.4. The number of fused-ring (bicyclic) bond motifs is 3. The molecular weight excluding hydrogens is 581 g/mol. The molecule has 0 unspecified atom stereocenters. The first-order chi connectivity index (χ1) is 21.3. The molecule has 0 bridgehead atoms. The van der Waals surface area contributed by atoms with Crippen LogP contribution >= 0.6 is 12.8 Å². The first-order valence-corrected chi connectivity index (χ1v) is 13.3. The van der Waals surface area contributed by atoms with E-state index in [1.54, 1.807) is 36.4 Å². The monoisotopic (exact) mass is 596 g/mol. The van der Waals surface area contributed by atoms with E-state index in [2.05, 4.69) is 23.3 Å². The van der Waals surface area contributed by atoms with Crippen LogP contribution in [0.1, 0.15) is 33.4 Å². The summed E-state index contributed by atoms with van der Waals surface area (Å²) in [7, 11) is 0. The second-order valence-corrected chi connectivity index (χ2v) is 9.90. The van der Waals surface area contributed by atoms with E-state index in [1.165, 1.54) is 24.3 Å². The van der Waals surface area contributed by atoms with Crippen molar-refractivity contribution in [3.05, 3.63) is 124 Å². The Kier molecular flexibility index (Phi) is 7.03. The predicted octanol–water partition coefficient (Wildman–Crippen LogP) is 7.81. The van der Waals surface area contributed by atoms with Gasteiger partial charge in [-0.15, -0.1) is 0 Å². The molecule has 0 amide bonds. The van der Waals surface area contributed by atoms with E-state index < -0.39 is 34.1 Å². The molecule has 0 atom stereocenters. The van der Waals surface area contributed by atoms with E-state index in [4.69, 9.17) is 10.4 Å². The number of nitrogens with zero attached hydrogens (tertiary/aromatic N) is 5. The van der Waals surface area contributed by atoms with Crippen molar-refractivity contribution >= 4 is 46.8 Å². The molecule has 208 valence electrons. The number of hydrogen-bond acceptors (Lipinski definition) is 7. The van der Waals surface area contributed by atoms with Gasteiger partial charge in [-0.05, 0) is 48.2 Å². The molecule has 1 aliphatic rings. The quantitative estimate of drug-likeness (QED) is 0.206. The van der Waals surface area contributed by atoms with E-state index >= 15 is 8.78 Å². The smallest absolute Gasteiger partial charge is 0.164 e. The van der Waals surface area contributed by atoms with Crippen molar-refractivity contribution in [3.63, 3.8) is 0 Å². The summed E-state index contributed by atoms with van der Waals surface area (Å²) in [6.07, 6.45) is 1.81. The highest BCUT2D eigenvalue weighted by atomic mass is 32.1. The second-order valence-electron chi connectivity index (χ2n) is 9.70. The Balaban J connectivity index is 1.59. The van der Waals surface area contributed by atoms with Gasteiger partial charge in [0.1, 0.15) is 29.0 Å². The number of allylic oxidation sites excluding steroid dienone is 1. The summed E-state index contributed by atoms with van der Waals surface area (Å²) in [5.41, 5.74) is 2.17. The minimum atomic E-state index is -1.55. The van der Waals surface area contributed by atoms with E-state index in [9.17, 15) is 20.2 Å². The zero-order valence-electron chi connectivity index (χ0n) is 22.3. The van der Waals surface area contributed by atoms with Crippen molar-refractivity contribution in [1.29, 1.82) is 21.2 Å². The normalized spacial score (nSPS) is 13.2. The van der Waals surface area contributed by atoms with Gasteiger partial charge in [-0.1, -0.05) is 54.6 Å². The average molecular weight is 597 g/mol. The molecule has 0 radical (unpaired) electrons. The maximum Gasteiger partial charge on any atom is 0.164 e. The third-order valence-electron chi connectivity index (χ3n) is 7.37. The molecule has 10 heteroatoms. The summed E-state index contributed by atoms with van der Waals surface area (Å²) >= 11 is 4.20. The fourth-order valence-corrected chi connectivity index (χ4v) is 5.47. The van der Waals surface area contributed by atoms with Crippen LogP contribution in [0.15, 0.2) is 77.2 Å². The Morgan fingerprint density at radius 2 is 1.30 bits per heavy atom. The number of benzene rings is 4. The summed E-state index contributed by atoms with van der Waals surface area (Å²) in [5.74, 6) is -4.35. The number of halogens is 3. The topological polar surface area (TPSA) is 120 Å². The van der Waals surface area contributed by atoms with E-state index in [-0.39, 0.29) is 11.3 Å². The first-order valence-electron chi connectivity index (χ1n) is 12.9. The third kappa shape index (κ3) is 4.32. The van der Waals surface area contributed by atoms with Gasteiger partial charge in [-0.3, -0.25) is 5.41 Å². The number of thiol groups is 1. The summed E-state index contributed by atoms with van der Waals surface area (Å²) in [4.78, 5) is 4.89. The molecule has 0 aliphatic heterocycles. The van der Waals surface area contributed by atoms with Crippen LogP contribution in [0.25, 0.3) is 44.9 Å². The Hall–Kier alpha value is -6.02. The lowest BCUT2D eigenvalue weighted by atomic mass is 9.82. The lowest BCUT2D eigenvalue weighted by Gasteiger charge is -2.23. The Labute approximate surface area is 254 Å². The molecule has 0 saturated carbocycles. The molecular formula is C34H15F3N6S. The Morgan fingerprint density at radius 3 is 1.89 bits per heavy atom. The number of aromatic nitrogens is 1. The number of rotatable bonds is 3. The molecule has 4 aromatic carbocycles. The maximum atomic E-state index is 15.1. The number of nitrogens with one attached hydrogen (secondary N) is 1. The standard InChI is InChI=1S/C34H15F3N6S/c35-29-24(15-39)30(36)27(31(37)25(29)16-40)19-9-11-20(12-10-19)33-23-13-22(18-7-5-17(14-38)6-8-18)32(41)34(43-44)28(23)21-3-1-2-4-26(21)42-33/h1-13,41,44H. The van der Waals surface area contributed by atoms with Crippen LogP contribution in [0, 0.1) is 56.9 Å². The van der Waals surface area contributed by atoms with Crippen LogP contribution in [0.4, 0.5) is 13.2 Å². The molecule has 1 aromatic heterocycles. The van der Waals surface area contributed by atoms with Crippen LogP contribution in [0.5, 0.6) is 0 Å². The number of pyridine rings is 1. The van der Waals surface area contributed by atoms with Crippen molar-refractivity contribution in [1.82, 2.24) is 4.98 Å². The van der Waals surface area contributed by atoms with E-state index in [0.717, 1.165) is 5.39 Å².